The molecule has 1 atom stereocenters. The zero-order valence-corrected chi connectivity index (χ0v) is 11.0. The fourth-order valence-corrected chi connectivity index (χ4v) is 1.66. The van der Waals surface area contributed by atoms with Crippen molar-refractivity contribution >= 4 is 23.4 Å². The molecule has 0 saturated carbocycles. The second-order valence-corrected chi connectivity index (χ2v) is 4.51. The van der Waals surface area contributed by atoms with Crippen LogP contribution in [0.25, 0.3) is 0 Å². The lowest BCUT2D eigenvalue weighted by Gasteiger charge is -2.15. The van der Waals surface area contributed by atoms with Crippen molar-refractivity contribution in [3.8, 4) is 0 Å². The van der Waals surface area contributed by atoms with Crippen LogP contribution in [0.5, 0.6) is 0 Å². The predicted octanol–water partition coefficient (Wildman–Crippen LogP) is 2.11. The Labute approximate surface area is 112 Å². The Morgan fingerprint density at radius 3 is 2.44 bits per heavy atom. The van der Waals surface area contributed by atoms with Crippen LogP contribution in [-0.2, 0) is 4.79 Å². The second kappa shape index (κ2) is 7.01. The molecule has 0 aliphatic carbocycles. The molecule has 5 heteroatoms. The van der Waals surface area contributed by atoms with Gasteiger partial charge in [-0.25, -0.2) is 0 Å². The number of nitrogens with two attached hydrogens (primary N) is 1. The molecule has 1 rings (SSSR count). The maximum absolute atomic E-state index is 11.9. The molecule has 0 unspecified atom stereocenters. The monoisotopic (exact) mass is 268 g/mol. The molecule has 2 amide bonds. The standard InChI is InChI=1S/C13H17ClN2O2/c1-2-3-4-11(12(15)17)16-13(18)9-5-7-10(14)8-6-9/h5-8,11H,2-4H2,1H3,(H2,15,17)(H,16,18)/t11-/m0/s1. The van der Waals surface area contributed by atoms with Crippen LogP contribution in [0.15, 0.2) is 24.3 Å². The Bertz CT molecular complexity index is 418. The normalized spacial score (nSPS) is 11.9. The highest BCUT2D eigenvalue weighted by Gasteiger charge is 2.18. The van der Waals surface area contributed by atoms with E-state index >= 15 is 0 Å². The number of halogens is 1. The van der Waals surface area contributed by atoms with Gasteiger partial charge in [-0.1, -0.05) is 31.4 Å². The van der Waals surface area contributed by atoms with Crippen molar-refractivity contribution in [2.75, 3.05) is 0 Å². The molecule has 0 radical (unpaired) electrons. The first kappa shape index (κ1) is 14.5. The van der Waals surface area contributed by atoms with E-state index in [4.69, 9.17) is 17.3 Å². The van der Waals surface area contributed by atoms with Crippen molar-refractivity contribution in [1.82, 2.24) is 5.32 Å². The Morgan fingerprint density at radius 2 is 1.94 bits per heavy atom. The summed E-state index contributed by atoms with van der Waals surface area (Å²) in [4.78, 5) is 23.1. The molecule has 0 heterocycles. The smallest absolute Gasteiger partial charge is 0.251 e. The van der Waals surface area contributed by atoms with E-state index in [0.29, 0.717) is 17.0 Å². The Hall–Kier alpha value is -1.55. The highest BCUT2D eigenvalue weighted by atomic mass is 35.5. The van der Waals surface area contributed by atoms with E-state index in [9.17, 15) is 9.59 Å². The van der Waals surface area contributed by atoms with Crippen LogP contribution in [0.2, 0.25) is 5.02 Å². The summed E-state index contributed by atoms with van der Waals surface area (Å²) in [6.45, 7) is 2.01. The number of carbonyl (C=O) groups excluding carboxylic acids is 2. The van der Waals surface area contributed by atoms with Gasteiger partial charge in [0.1, 0.15) is 6.04 Å². The van der Waals surface area contributed by atoms with Crippen LogP contribution in [0.4, 0.5) is 0 Å². The molecule has 0 saturated heterocycles. The minimum atomic E-state index is -0.617. The van der Waals surface area contributed by atoms with Gasteiger partial charge in [-0.05, 0) is 30.7 Å². The molecule has 0 spiro atoms. The van der Waals surface area contributed by atoms with Crippen molar-refractivity contribution in [1.29, 1.82) is 0 Å². The first-order valence-electron chi connectivity index (χ1n) is 5.90. The molecule has 1 aromatic rings. The van der Waals surface area contributed by atoms with Gasteiger partial charge in [-0.2, -0.15) is 0 Å². The summed E-state index contributed by atoms with van der Waals surface area (Å²) >= 11 is 5.74. The molecule has 0 bridgehead atoms. The number of primary amides is 1. The zero-order chi connectivity index (χ0) is 13.5. The van der Waals surface area contributed by atoms with Gasteiger partial charge in [-0.15, -0.1) is 0 Å². The van der Waals surface area contributed by atoms with Crippen LogP contribution in [-0.4, -0.2) is 17.9 Å². The fraction of sp³-hybridized carbons (Fsp3) is 0.385. The molecule has 4 nitrogen and oxygen atoms in total. The molecule has 1 aromatic carbocycles. The van der Waals surface area contributed by atoms with Crippen LogP contribution in [0.1, 0.15) is 36.5 Å². The van der Waals surface area contributed by atoms with E-state index < -0.39 is 11.9 Å². The molecular weight excluding hydrogens is 252 g/mol. The highest BCUT2D eigenvalue weighted by molar-refractivity contribution is 6.30. The van der Waals surface area contributed by atoms with E-state index in [0.717, 1.165) is 12.8 Å². The number of hydrogen-bond acceptors (Lipinski definition) is 2. The summed E-state index contributed by atoms with van der Waals surface area (Å²) in [6.07, 6.45) is 2.35. The second-order valence-electron chi connectivity index (χ2n) is 4.08. The van der Waals surface area contributed by atoms with Gasteiger partial charge in [0.25, 0.3) is 5.91 Å². The minimum absolute atomic E-state index is 0.313. The van der Waals surface area contributed by atoms with Crippen molar-refractivity contribution in [3.05, 3.63) is 34.9 Å². The van der Waals surface area contributed by atoms with Crippen LogP contribution < -0.4 is 11.1 Å². The van der Waals surface area contributed by atoms with Gasteiger partial charge in [0.05, 0.1) is 0 Å². The lowest BCUT2D eigenvalue weighted by atomic mass is 10.1. The molecule has 98 valence electrons. The van der Waals surface area contributed by atoms with Gasteiger partial charge in [0.15, 0.2) is 0 Å². The molecule has 0 fully saturated rings. The van der Waals surface area contributed by atoms with Gasteiger partial charge in [0, 0.05) is 10.6 Å². The maximum atomic E-state index is 11.9. The third kappa shape index (κ3) is 4.37. The van der Waals surface area contributed by atoms with Crippen molar-refractivity contribution < 1.29 is 9.59 Å². The summed E-state index contributed by atoms with van der Waals surface area (Å²) in [5.41, 5.74) is 5.71. The minimum Gasteiger partial charge on any atom is -0.368 e. The average Bonchev–Trinajstić information content (AvgIpc) is 2.34. The van der Waals surface area contributed by atoms with E-state index in [2.05, 4.69) is 5.32 Å². The lowest BCUT2D eigenvalue weighted by molar-refractivity contribution is -0.120. The fourth-order valence-electron chi connectivity index (χ4n) is 1.54. The van der Waals surface area contributed by atoms with Gasteiger partial charge in [-0.3, -0.25) is 9.59 Å². The number of nitrogens with one attached hydrogen (secondary N) is 1. The topological polar surface area (TPSA) is 72.2 Å². The predicted molar refractivity (Wildman–Crippen MR) is 71.4 cm³/mol. The van der Waals surface area contributed by atoms with E-state index in [-0.39, 0.29) is 5.91 Å². The van der Waals surface area contributed by atoms with Gasteiger partial charge in [0.2, 0.25) is 5.91 Å². The molecule has 0 aliphatic heterocycles. The highest BCUT2D eigenvalue weighted by Crippen LogP contribution is 2.10. The molecule has 18 heavy (non-hydrogen) atoms. The number of carbonyl (C=O) groups is 2. The average molecular weight is 269 g/mol. The quantitative estimate of drug-likeness (QED) is 0.829. The van der Waals surface area contributed by atoms with E-state index in [1.807, 2.05) is 6.92 Å². The zero-order valence-electron chi connectivity index (χ0n) is 10.3. The number of rotatable bonds is 6. The molecule has 0 aromatic heterocycles. The summed E-state index contributed by atoms with van der Waals surface area (Å²) in [6, 6.07) is 5.85. The summed E-state index contributed by atoms with van der Waals surface area (Å²) < 4.78 is 0. The molecular formula is C13H17ClN2O2. The third-order valence-electron chi connectivity index (χ3n) is 2.60. The van der Waals surface area contributed by atoms with Gasteiger partial charge >= 0.3 is 0 Å². The van der Waals surface area contributed by atoms with E-state index in [1.54, 1.807) is 24.3 Å². The maximum Gasteiger partial charge on any atom is 0.251 e. The van der Waals surface area contributed by atoms with Crippen molar-refractivity contribution in [3.63, 3.8) is 0 Å². The van der Waals surface area contributed by atoms with Crippen molar-refractivity contribution in [2.45, 2.75) is 32.2 Å². The third-order valence-corrected chi connectivity index (χ3v) is 2.85. The summed E-state index contributed by atoms with van der Waals surface area (Å²) in [7, 11) is 0. The first-order chi connectivity index (χ1) is 8.54. The van der Waals surface area contributed by atoms with Crippen molar-refractivity contribution in [2.24, 2.45) is 5.73 Å². The Balaban J connectivity index is 2.66. The number of benzene rings is 1. The lowest BCUT2D eigenvalue weighted by Crippen LogP contribution is -2.44. The first-order valence-corrected chi connectivity index (χ1v) is 6.28. The SMILES string of the molecule is CCCC[C@H](NC(=O)c1ccc(Cl)cc1)C(N)=O. The van der Waals surface area contributed by atoms with E-state index in [1.165, 1.54) is 0 Å². The Morgan fingerprint density at radius 1 is 1.33 bits per heavy atom. The van der Waals surface area contributed by atoms with Crippen LogP contribution in [0, 0.1) is 0 Å². The molecule has 3 N–H and O–H groups in total. The van der Waals surface area contributed by atoms with Gasteiger partial charge < -0.3 is 11.1 Å². The summed E-state index contributed by atoms with van der Waals surface area (Å²) in [5, 5.41) is 3.19. The number of hydrogen-bond donors (Lipinski definition) is 2. The van der Waals surface area contributed by atoms with Crippen LogP contribution >= 0.6 is 11.6 Å². The Kier molecular flexibility index (Phi) is 5.65. The molecule has 0 aliphatic rings. The summed E-state index contributed by atoms with van der Waals surface area (Å²) in [5.74, 6) is -0.822. The largest absolute Gasteiger partial charge is 0.368 e. The number of unbranched alkanes of at least 4 members (excludes halogenated alkanes) is 1. The van der Waals surface area contributed by atoms with Crippen LogP contribution in [0.3, 0.4) is 0 Å². The number of amides is 2.